The molecule has 2 nitrogen and oxygen atoms in total. The second-order valence-electron chi connectivity index (χ2n) is 3.92. The molecule has 0 aromatic heterocycles. The highest BCUT2D eigenvalue weighted by Crippen LogP contribution is 2.31. The van der Waals surface area contributed by atoms with Gasteiger partial charge in [-0.05, 0) is 42.8 Å². The lowest BCUT2D eigenvalue weighted by Gasteiger charge is -2.12. The fourth-order valence-electron chi connectivity index (χ4n) is 1.57. The van der Waals surface area contributed by atoms with Crippen molar-refractivity contribution < 1.29 is 9.84 Å². The summed E-state index contributed by atoms with van der Waals surface area (Å²) < 4.78 is 6.71. The third-order valence-corrected chi connectivity index (χ3v) is 3.29. The fourth-order valence-corrected chi connectivity index (χ4v) is 2.14. The number of ether oxygens (including phenoxy) is 1. The van der Waals surface area contributed by atoms with Crippen LogP contribution in [0.5, 0.6) is 11.5 Å². The Hall–Kier alpha value is -1.03. The zero-order valence-electron chi connectivity index (χ0n) is 9.78. The smallest absolute Gasteiger partial charge is 0.133 e. The summed E-state index contributed by atoms with van der Waals surface area (Å²) in [6, 6.07) is 11.0. The first-order valence-corrected chi connectivity index (χ1v) is 6.60. The van der Waals surface area contributed by atoms with Gasteiger partial charge >= 0.3 is 0 Å². The van der Waals surface area contributed by atoms with Crippen molar-refractivity contribution in [2.24, 2.45) is 0 Å². The highest BCUT2D eigenvalue weighted by Gasteiger charge is 2.07. The minimum Gasteiger partial charge on any atom is -0.457 e. The molecule has 0 unspecified atom stereocenters. The average Bonchev–Trinajstić information content (AvgIpc) is 2.36. The Morgan fingerprint density at radius 1 is 1.17 bits per heavy atom. The molecule has 4 heteroatoms. The van der Waals surface area contributed by atoms with Gasteiger partial charge in [-0.3, -0.25) is 0 Å². The monoisotopic (exact) mass is 326 g/mol. The molecule has 18 heavy (non-hydrogen) atoms. The maximum absolute atomic E-state index is 9.32. The number of halogens is 2. The van der Waals surface area contributed by atoms with Crippen LogP contribution in [-0.4, -0.2) is 5.11 Å². The standard InChI is InChI=1S/C14H12BrClO2/c1-9-2-4-12(16)7-14(9)18-13-5-3-11(15)6-10(13)8-17/h2-7,17H,8H2,1H3. The van der Waals surface area contributed by atoms with Crippen LogP contribution < -0.4 is 4.74 Å². The lowest BCUT2D eigenvalue weighted by molar-refractivity contribution is 0.276. The summed E-state index contributed by atoms with van der Waals surface area (Å²) in [4.78, 5) is 0. The predicted octanol–water partition coefficient (Wildman–Crippen LogP) is 4.70. The second kappa shape index (κ2) is 5.74. The van der Waals surface area contributed by atoms with E-state index in [-0.39, 0.29) is 6.61 Å². The van der Waals surface area contributed by atoms with E-state index in [1.54, 1.807) is 6.07 Å². The Labute approximate surface area is 119 Å². The number of aryl methyl sites for hydroxylation is 1. The van der Waals surface area contributed by atoms with Crippen LogP contribution in [0.2, 0.25) is 5.02 Å². The van der Waals surface area contributed by atoms with Crippen LogP contribution in [0.3, 0.4) is 0 Å². The van der Waals surface area contributed by atoms with E-state index in [0.29, 0.717) is 16.5 Å². The molecule has 0 fully saturated rings. The van der Waals surface area contributed by atoms with Crippen LogP contribution in [0.4, 0.5) is 0 Å². The van der Waals surface area contributed by atoms with Crippen molar-refractivity contribution in [2.45, 2.75) is 13.5 Å². The van der Waals surface area contributed by atoms with Crippen LogP contribution in [0.25, 0.3) is 0 Å². The first kappa shape index (κ1) is 13.4. The molecule has 0 saturated heterocycles. The highest BCUT2D eigenvalue weighted by molar-refractivity contribution is 9.10. The van der Waals surface area contributed by atoms with Gasteiger partial charge in [0.25, 0.3) is 0 Å². The summed E-state index contributed by atoms with van der Waals surface area (Å²) >= 11 is 9.31. The molecule has 0 spiro atoms. The fraction of sp³-hybridized carbons (Fsp3) is 0.143. The molecule has 0 aliphatic heterocycles. The van der Waals surface area contributed by atoms with Gasteiger partial charge in [-0.15, -0.1) is 0 Å². The van der Waals surface area contributed by atoms with Gasteiger partial charge in [-0.25, -0.2) is 0 Å². The molecule has 0 bridgehead atoms. The van der Waals surface area contributed by atoms with Crippen LogP contribution in [-0.2, 0) is 6.61 Å². The normalized spacial score (nSPS) is 10.4. The van der Waals surface area contributed by atoms with E-state index in [1.165, 1.54) is 0 Å². The quantitative estimate of drug-likeness (QED) is 0.885. The number of rotatable bonds is 3. The van der Waals surface area contributed by atoms with E-state index in [0.717, 1.165) is 15.6 Å². The van der Waals surface area contributed by atoms with Crippen molar-refractivity contribution in [3.63, 3.8) is 0 Å². The molecule has 94 valence electrons. The molecule has 2 aromatic rings. The van der Waals surface area contributed by atoms with E-state index in [2.05, 4.69) is 15.9 Å². The van der Waals surface area contributed by atoms with Gasteiger partial charge in [0.2, 0.25) is 0 Å². The summed E-state index contributed by atoms with van der Waals surface area (Å²) in [6.45, 7) is 1.87. The number of hydrogen-bond donors (Lipinski definition) is 1. The minimum atomic E-state index is -0.0750. The summed E-state index contributed by atoms with van der Waals surface area (Å²) in [5.41, 5.74) is 1.72. The number of aliphatic hydroxyl groups excluding tert-OH is 1. The van der Waals surface area contributed by atoms with Crippen LogP contribution in [0.15, 0.2) is 40.9 Å². The van der Waals surface area contributed by atoms with Gasteiger partial charge in [-0.1, -0.05) is 33.6 Å². The lowest BCUT2D eigenvalue weighted by Crippen LogP contribution is -1.93. The van der Waals surface area contributed by atoms with E-state index < -0.39 is 0 Å². The van der Waals surface area contributed by atoms with Gasteiger partial charge in [0, 0.05) is 15.1 Å². The zero-order valence-corrected chi connectivity index (χ0v) is 12.1. The second-order valence-corrected chi connectivity index (χ2v) is 5.27. The molecule has 0 saturated carbocycles. The molecule has 2 rings (SSSR count). The first-order chi connectivity index (χ1) is 8.60. The molecule has 2 aromatic carbocycles. The van der Waals surface area contributed by atoms with Crippen LogP contribution >= 0.6 is 27.5 Å². The van der Waals surface area contributed by atoms with E-state index in [4.69, 9.17) is 16.3 Å². The summed E-state index contributed by atoms with van der Waals surface area (Å²) in [5.74, 6) is 1.32. The highest BCUT2D eigenvalue weighted by atomic mass is 79.9. The van der Waals surface area contributed by atoms with Crippen molar-refractivity contribution in [3.8, 4) is 11.5 Å². The third kappa shape index (κ3) is 3.05. The molecular formula is C14H12BrClO2. The number of benzene rings is 2. The summed E-state index contributed by atoms with van der Waals surface area (Å²) in [5, 5.41) is 9.94. The van der Waals surface area contributed by atoms with Gasteiger partial charge < -0.3 is 9.84 Å². The van der Waals surface area contributed by atoms with Gasteiger partial charge in [0.15, 0.2) is 0 Å². The lowest BCUT2D eigenvalue weighted by atomic mass is 10.2. The SMILES string of the molecule is Cc1ccc(Cl)cc1Oc1ccc(Br)cc1CO. The molecule has 1 N–H and O–H groups in total. The average molecular weight is 328 g/mol. The Balaban J connectivity index is 2.36. The maximum Gasteiger partial charge on any atom is 0.133 e. The molecule has 0 aliphatic rings. The Morgan fingerprint density at radius 2 is 1.94 bits per heavy atom. The van der Waals surface area contributed by atoms with Crippen molar-refractivity contribution in [1.82, 2.24) is 0 Å². The molecule has 0 radical (unpaired) electrons. The van der Waals surface area contributed by atoms with Crippen LogP contribution in [0, 0.1) is 6.92 Å². The van der Waals surface area contributed by atoms with Crippen molar-refractivity contribution in [1.29, 1.82) is 0 Å². The van der Waals surface area contributed by atoms with E-state index in [1.807, 2.05) is 37.3 Å². The van der Waals surface area contributed by atoms with Crippen LogP contribution in [0.1, 0.15) is 11.1 Å². The molecule has 0 heterocycles. The third-order valence-electron chi connectivity index (χ3n) is 2.56. The summed E-state index contributed by atoms with van der Waals surface area (Å²) in [7, 11) is 0. The van der Waals surface area contributed by atoms with Gasteiger partial charge in [-0.2, -0.15) is 0 Å². The molecular weight excluding hydrogens is 316 g/mol. The Morgan fingerprint density at radius 3 is 2.67 bits per heavy atom. The van der Waals surface area contributed by atoms with Gasteiger partial charge in [0.05, 0.1) is 6.61 Å². The van der Waals surface area contributed by atoms with E-state index in [9.17, 15) is 5.11 Å². The van der Waals surface area contributed by atoms with E-state index >= 15 is 0 Å². The number of hydrogen-bond acceptors (Lipinski definition) is 2. The topological polar surface area (TPSA) is 29.5 Å². The van der Waals surface area contributed by atoms with Crippen molar-refractivity contribution in [2.75, 3.05) is 0 Å². The Bertz CT molecular complexity index is 570. The Kier molecular flexibility index (Phi) is 4.27. The van der Waals surface area contributed by atoms with Crippen molar-refractivity contribution >= 4 is 27.5 Å². The molecule has 0 amide bonds. The molecule has 0 aliphatic carbocycles. The minimum absolute atomic E-state index is 0.0750. The van der Waals surface area contributed by atoms with Crippen molar-refractivity contribution in [3.05, 3.63) is 57.0 Å². The predicted molar refractivity (Wildman–Crippen MR) is 76.3 cm³/mol. The van der Waals surface area contributed by atoms with Gasteiger partial charge in [0.1, 0.15) is 11.5 Å². The molecule has 0 atom stereocenters. The number of aliphatic hydroxyl groups is 1. The first-order valence-electron chi connectivity index (χ1n) is 5.43. The zero-order chi connectivity index (χ0) is 13.1. The summed E-state index contributed by atoms with van der Waals surface area (Å²) in [6.07, 6.45) is 0. The largest absolute Gasteiger partial charge is 0.457 e. The maximum atomic E-state index is 9.32.